The van der Waals surface area contributed by atoms with Crippen molar-refractivity contribution < 1.29 is 17.9 Å². The summed E-state index contributed by atoms with van der Waals surface area (Å²) in [7, 11) is 1.42. The van der Waals surface area contributed by atoms with Crippen LogP contribution in [0.4, 0.5) is 0 Å². The van der Waals surface area contributed by atoms with Crippen LogP contribution in [0.25, 0.3) is 0 Å². The minimum atomic E-state index is -3.91. The third-order valence-electron chi connectivity index (χ3n) is 3.15. The van der Waals surface area contributed by atoms with Crippen LogP contribution >= 0.6 is 26.6 Å². The lowest BCUT2D eigenvalue weighted by molar-refractivity contribution is 0.0866. The highest BCUT2D eigenvalue weighted by molar-refractivity contribution is 9.10. The minimum absolute atomic E-state index is 0.0503. The van der Waals surface area contributed by atoms with Gasteiger partial charge in [0.05, 0.1) is 17.0 Å². The summed E-state index contributed by atoms with van der Waals surface area (Å²) >= 11 is 3.10. The van der Waals surface area contributed by atoms with Crippen molar-refractivity contribution in [2.45, 2.75) is 30.4 Å². The van der Waals surface area contributed by atoms with Crippen LogP contribution in [0.15, 0.2) is 27.6 Å². The number of hydrogen-bond donors (Lipinski definition) is 1. The summed E-state index contributed by atoms with van der Waals surface area (Å²) in [5.41, 5.74) is 0.242. The van der Waals surface area contributed by atoms with Crippen LogP contribution in [0.3, 0.4) is 0 Å². The number of carbonyl (C=O) groups excluding carboxylic acids is 1. The van der Waals surface area contributed by atoms with E-state index >= 15 is 0 Å². The van der Waals surface area contributed by atoms with Crippen molar-refractivity contribution in [1.29, 1.82) is 0 Å². The lowest BCUT2D eigenvalue weighted by Crippen LogP contribution is -2.39. The van der Waals surface area contributed by atoms with Gasteiger partial charge in [-0.3, -0.25) is 4.79 Å². The highest BCUT2D eigenvalue weighted by Crippen LogP contribution is 2.26. The zero-order valence-corrected chi connectivity index (χ0v) is 13.8. The zero-order chi connectivity index (χ0) is 14.9. The molecule has 1 N–H and O–H groups in total. The average molecular weight is 383 g/mol. The second-order valence-electron chi connectivity index (χ2n) is 4.53. The second-order valence-corrected chi connectivity index (χ2v) is 7.92. The van der Waals surface area contributed by atoms with E-state index in [-0.39, 0.29) is 28.5 Å². The van der Waals surface area contributed by atoms with E-state index < -0.39 is 9.05 Å². The molecule has 0 saturated carbocycles. The summed E-state index contributed by atoms with van der Waals surface area (Å²) in [6, 6.07) is 4.20. The first-order valence-electron chi connectivity index (χ1n) is 5.95. The van der Waals surface area contributed by atoms with E-state index in [0.717, 1.165) is 6.42 Å². The lowest BCUT2D eigenvalue weighted by atomic mass is 10.1. The monoisotopic (exact) mass is 381 g/mol. The molecule has 2 atom stereocenters. The summed E-state index contributed by atoms with van der Waals surface area (Å²) in [6.07, 6.45) is 0.690. The molecule has 0 radical (unpaired) electrons. The van der Waals surface area contributed by atoms with Gasteiger partial charge in [0.25, 0.3) is 15.0 Å². The predicted octanol–water partition coefficient (Wildman–Crippen LogP) is 2.28. The van der Waals surface area contributed by atoms with E-state index in [1.165, 1.54) is 18.2 Å². The quantitative estimate of drug-likeness (QED) is 0.814. The molecule has 2 rings (SSSR count). The zero-order valence-electron chi connectivity index (χ0n) is 10.6. The van der Waals surface area contributed by atoms with Crippen molar-refractivity contribution in [3.8, 4) is 0 Å². The molecule has 0 aliphatic carbocycles. The molecule has 1 saturated heterocycles. The Labute approximate surface area is 130 Å². The molecule has 20 heavy (non-hydrogen) atoms. The molecule has 8 heteroatoms. The molecule has 1 aliphatic rings. The number of ether oxygens (including phenoxy) is 1. The van der Waals surface area contributed by atoms with Crippen LogP contribution in [0.2, 0.25) is 0 Å². The fourth-order valence-corrected chi connectivity index (χ4v) is 4.12. The minimum Gasteiger partial charge on any atom is -0.376 e. The van der Waals surface area contributed by atoms with Gasteiger partial charge in [-0.2, -0.15) is 0 Å². The van der Waals surface area contributed by atoms with Gasteiger partial charge < -0.3 is 10.1 Å². The number of nitrogens with one attached hydrogen (secondary N) is 1. The first-order valence-corrected chi connectivity index (χ1v) is 9.06. The maximum absolute atomic E-state index is 12.1. The Balaban J connectivity index is 2.23. The maximum atomic E-state index is 12.1. The Hall–Kier alpha value is -0.630. The van der Waals surface area contributed by atoms with Gasteiger partial charge in [-0.25, -0.2) is 8.42 Å². The third-order valence-corrected chi connectivity index (χ3v) is 5.46. The van der Waals surface area contributed by atoms with Crippen molar-refractivity contribution in [3.63, 3.8) is 0 Å². The molecule has 110 valence electrons. The smallest absolute Gasteiger partial charge is 0.262 e. The van der Waals surface area contributed by atoms with Crippen molar-refractivity contribution >= 4 is 41.6 Å². The van der Waals surface area contributed by atoms with Gasteiger partial charge in [0, 0.05) is 27.3 Å². The number of carbonyl (C=O) groups is 1. The molecule has 1 aliphatic heterocycles. The van der Waals surface area contributed by atoms with E-state index in [9.17, 15) is 13.2 Å². The second kappa shape index (κ2) is 6.01. The van der Waals surface area contributed by atoms with E-state index in [4.69, 9.17) is 15.4 Å². The lowest BCUT2D eigenvalue weighted by Gasteiger charge is -2.16. The van der Waals surface area contributed by atoms with Crippen LogP contribution in [-0.4, -0.2) is 33.1 Å². The van der Waals surface area contributed by atoms with Gasteiger partial charge >= 0.3 is 0 Å². The average Bonchev–Trinajstić information content (AvgIpc) is 2.74. The number of benzene rings is 1. The number of halogens is 2. The summed E-state index contributed by atoms with van der Waals surface area (Å²) in [5, 5.41) is 2.83. The SMILES string of the molecule is CC1OCCC1NC(=O)c1ccc(Br)c(S(=O)(=O)Cl)c1. The van der Waals surface area contributed by atoms with Crippen LogP contribution < -0.4 is 5.32 Å². The Kier molecular flexibility index (Phi) is 4.73. The van der Waals surface area contributed by atoms with E-state index in [2.05, 4.69) is 21.2 Å². The molecule has 1 amide bonds. The molecule has 0 spiro atoms. The molecular weight excluding hydrogens is 370 g/mol. The summed E-state index contributed by atoms with van der Waals surface area (Å²) < 4.78 is 28.5. The van der Waals surface area contributed by atoms with Gasteiger partial charge in [-0.1, -0.05) is 0 Å². The summed E-state index contributed by atoms with van der Waals surface area (Å²) in [6.45, 7) is 2.49. The molecular formula is C12H13BrClNO4S. The van der Waals surface area contributed by atoms with Gasteiger partial charge in [-0.05, 0) is 47.5 Å². The van der Waals surface area contributed by atoms with E-state index in [1.807, 2.05) is 6.92 Å². The Morgan fingerprint density at radius 1 is 1.50 bits per heavy atom. The van der Waals surface area contributed by atoms with Crippen molar-refractivity contribution in [2.75, 3.05) is 6.61 Å². The van der Waals surface area contributed by atoms with Gasteiger partial charge in [-0.15, -0.1) is 0 Å². The van der Waals surface area contributed by atoms with Crippen molar-refractivity contribution in [3.05, 3.63) is 28.2 Å². The Morgan fingerprint density at radius 3 is 2.75 bits per heavy atom. The largest absolute Gasteiger partial charge is 0.376 e. The Morgan fingerprint density at radius 2 is 2.20 bits per heavy atom. The number of hydrogen-bond acceptors (Lipinski definition) is 4. The molecule has 1 aromatic carbocycles. The fourth-order valence-electron chi connectivity index (χ4n) is 2.00. The highest BCUT2D eigenvalue weighted by atomic mass is 79.9. The van der Waals surface area contributed by atoms with Crippen LogP contribution in [0.5, 0.6) is 0 Å². The molecule has 1 fully saturated rings. The van der Waals surface area contributed by atoms with Gasteiger partial charge in [0.2, 0.25) is 0 Å². The molecule has 1 heterocycles. The van der Waals surface area contributed by atoms with Crippen LogP contribution in [0, 0.1) is 0 Å². The molecule has 2 unspecified atom stereocenters. The molecule has 0 bridgehead atoms. The first kappa shape index (κ1) is 15.8. The number of rotatable bonds is 3. The molecule has 5 nitrogen and oxygen atoms in total. The van der Waals surface area contributed by atoms with Crippen LogP contribution in [-0.2, 0) is 13.8 Å². The summed E-state index contributed by atoms with van der Waals surface area (Å²) in [4.78, 5) is 12.0. The third kappa shape index (κ3) is 3.52. The maximum Gasteiger partial charge on any atom is 0.262 e. The first-order chi connectivity index (χ1) is 9.29. The predicted molar refractivity (Wildman–Crippen MR) is 78.5 cm³/mol. The fraction of sp³-hybridized carbons (Fsp3) is 0.417. The van der Waals surface area contributed by atoms with E-state index in [0.29, 0.717) is 11.1 Å². The van der Waals surface area contributed by atoms with Crippen molar-refractivity contribution in [2.24, 2.45) is 0 Å². The Bertz CT molecular complexity index is 634. The topological polar surface area (TPSA) is 72.5 Å². The van der Waals surface area contributed by atoms with Crippen molar-refractivity contribution in [1.82, 2.24) is 5.32 Å². The number of amides is 1. The normalized spacial score (nSPS) is 22.8. The standard InChI is InChI=1S/C12H13BrClNO4S/c1-7-10(4-5-19-7)15-12(16)8-2-3-9(13)11(6-8)20(14,17)18/h2-3,6-7,10H,4-5H2,1H3,(H,15,16). The molecule has 1 aromatic rings. The van der Waals surface area contributed by atoms with Gasteiger partial charge in [0.15, 0.2) is 0 Å². The van der Waals surface area contributed by atoms with Crippen LogP contribution in [0.1, 0.15) is 23.7 Å². The van der Waals surface area contributed by atoms with Gasteiger partial charge in [0.1, 0.15) is 0 Å². The van der Waals surface area contributed by atoms with E-state index in [1.54, 1.807) is 0 Å². The highest BCUT2D eigenvalue weighted by Gasteiger charge is 2.26. The molecule has 0 aromatic heterocycles. The summed E-state index contributed by atoms with van der Waals surface area (Å²) in [5.74, 6) is -0.346.